The van der Waals surface area contributed by atoms with Crippen molar-refractivity contribution in [3.05, 3.63) is 30.1 Å². The van der Waals surface area contributed by atoms with Crippen LogP contribution in [0.25, 0.3) is 0 Å². The van der Waals surface area contributed by atoms with Crippen LogP contribution in [0.5, 0.6) is 0 Å². The van der Waals surface area contributed by atoms with Crippen LogP contribution in [0.15, 0.2) is 29.6 Å². The van der Waals surface area contributed by atoms with Crippen LogP contribution in [0.3, 0.4) is 0 Å². The van der Waals surface area contributed by atoms with E-state index < -0.39 is 10.0 Å². The number of rotatable bonds is 5. The van der Waals surface area contributed by atoms with Crippen molar-refractivity contribution >= 4 is 22.1 Å². The Morgan fingerprint density at radius 3 is 3.09 bits per heavy atom. The Morgan fingerprint density at radius 1 is 1.59 bits per heavy atom. The summed E-state index contributed by atoms with van der Waals surface area (Å²) in [5.74, 6) is -0.558. The van der Waals surface area contributed by atoms with Crippen molar-refractivity contribution in [2.75, 3.05) is 18.8 Å². The molecular formula is C14H20N4O3S. The number of piperidine rings is 1. The summed E-state index contributed by atoms with van der Waals surface area (Å²) in [6.45, 7) is 2.32. The Balaban J connectivity index is 1.91. The number of hydrogen-bond donors (Lipinski definition) is 1. The second-order valence-electron chi connectivity index (χ2n) is 5.12. The molecule has 1 unspecified atom stereocenters. The van der Waals surface area contributed by atoms with Gasteiger partial charge in [0.1, 0.15) is 0 Å². The SMILES string of the molecule is CCS(=O)(=O)N1CCCC(C(=O)NN=Cc2cccnc2)C1. The van der Waals surface area contributed by atoms with Gasteiger partial charge in [-0.05, 0) is 25.8 Å². The molecule has 1 aromatic rings. The number of nitrogens with one attached hydrogen (secondary N) is 1. The van der Waals surface area contributed by atoms with Crippen LogP contribution in [0.2, 0.25) is 0 Å². The summed E-state index contributed by atoms with van der Waals surface area (Å²) in [6, 6.07) is 3.59. The van der Waals surface area contributed by atoms with E-state index in [1.807, 2.05) is 6.07 Å². The Bertz CT molecular complexity index is 631. The lowest BCUT2D eigenvalue weighted by atomic mass is 9.99. The third kappa shape index (κ3) is 4.35. The monoisotopic (exact) mass is 324 g/mol. The molecule has 1 N–H and O–H groups in total. The van der Waals surface area contributed by atoms with E-state index in [9.17, 15) is 13.2 Å². The van der Waals surface area contributed by atoms with Crippen LogP contribution in [-0.4, -0.2) is 48.7 Å². The highest BCUT2D eigenvalue weighted by Gasteiger charge is 2.31. The highest BCUT2D eigenvalue weighted by atomic mass is 32.2. The molecule has 0 saturated carbocycles. The molecule has 2 heterocycles. The Morgan fingerprint density at radius 2 is 2.41 bits per heavy atom. The fourth-order valence-corrected chi connectivity index (χ4v) is 3.49. The molecule has 0 radical (unpaired) electrons. The summed E-state index contributed by atoms with van der Waals surface area (Å²) in [7, 11) is -3.24. The minimum atomic E-state index is -3.24. The second-order valence-corrected chi connectivity index (χ2v) is 7.38. The average Bonchev–Trinajstić information content (AvgIpc) is 2.56. The molecule has 22 heavy (non-hydrogen) atoms. The van der Waals surface area contributed by atoms with Gasteiger partial charge in [-0.25, -0.2) is 18.1 Å². The van der Waals surface area contributed by atoms with Gasteiger partial charge in [0.2, 0.25) is 15.9 Å². The molecule has 1 atom stereocenters. The average molecular weight is 324 g/mol. The first kappa shape index (κ1) is 16.6. The van der Waals surface area contributed by atoms with Gasteiger partial charge in [-0.15, -0.1) is 0 Å². The number of carbonyl (C=O) groups is 1. The van der Waals surface area contributed by atoms with Gasteiger partial charge in [-0.1, -0.05) is 6.07 Å². The van der Waals surface area contributed by atoms with Crippen molar-refractivity contribution in [1.82, 2.24) is 14.7 Å². The summed E-state index contributed by atoms with van der Waals surface area (Å²) in [6.07, 6.45) is 6.15. The zero-order chi connectivity index (χ0) is 16.0. The third-order valence-corrected chi connectivity index (χ3v) is 5.43. The van der Waals surface area contributed by atoms with E-state index >= 15 is 0 Å². The number of hydrogen-bond acceptors (Lipinski definition) is 5. The third-order valence-electron chi connectivity index (χ3n) is 3.59. The minimum Gasteiger partial charge on any atom is -0.273 e. The van der Waals surface area contributed by atoms with Crippen LogP contribution >= 0.6 is 0 Å². The number of amides is 1. The molecule has 1 aromatic heterocycles. The van der Waals surface area contributed by atoms with Crippen LogP contribution < -0.4 is 5.43 Å². The first-order valence-corrected chi connectivity index (χ1v) is 8.84. The predicted octanol–water partition coefficient (Wildman–Crippen LogP) is 0.593. The molecule has 0 aliphatic carbocycles. The summed E-state index contributed by atoms with van der Waals surface area (Å²) >= 11 is 0. The first-order chi connectivity index (χ1) is 10.5. The van der Waals surface area contributed by atoms with Gasteiger partial charge in [-0.2, -0.15) is 5.10 Å². The molecule has 0 spiro atoms. The summed E-state index contributed by atoms with van der Waals surface area (Å²) in [5.41, 5.74) is 3.25. The van der Waals surface area contributed by atoms with E-state index in [-0.39, 0.29) is 24.1 Å². The zero-order valence-corrected chi connectivity index (χ0v) is 13.3. The molecule has 0 bridgehead atoms. The molecule has 1 aliphatic rings. The zero-order valence-electron chi connectivity index (χ0n) is 12.5. The van der Waals surface area contributed by atoms with Gasteiger partial charge in [0, 0.05) is 31.0 Å². The lowest BCUT2D eigenvalue weighted by Crippen LogP contribution is -2.45. The maximum atomic E-state index is 12.1. The Hall–Kier alpha value is -1.80. The van der Waals surface area contributed by atoms with Gasteiger partial charge in [0.05, 0.1) is 17.9 Å². The molecule has 1 saturated heterocycles. The van der Waals surface area contributed by atoms with Gasteiger partial charge in [-0.3, -0.25) is 9.78 Å². The van der Waals surface area contributed by atoms with E-state index in [2.05, 4.69) is 15.5 Å². The number of aromatic nitrogens is 1. The van der Waals surface area contributed by atoms with Crippen molar-refractivity contribution in [1.29, 1.82) is 0 Å². The number of nitrogens with zero attached hydrogens (tertiary/aromatic N) is 3. The van der Waals surface area contributed by atoms with E-state index in [1.165, 1.54) is 10.5 Å². The standard InChI is InChI=1S/C14H20N4O3S/c1-2-22(20,21)18-8-4-6-13(11-18)14(19)17-16-10-12-5-3-7-15-9-12/h3,5,7,9-10,13H,2,4,6,8,11H2,1H3,(H,17,19). The molecule has 2 rings (SSSR count). The van der Waals surface area contributed by atoms with Crippen LogP contribution in [0.1, 0.15) is 25.3 Å². The van der Waals surface area contributed by atoms with Crippen LogP contribution in [-0.2, 0) is 14.8 Å². The van der Waals surface area contributed by atoms with E-state index in [4.69, 9.17) is 0 Å². The molecule has 1 aliphatic heterocycles. The molecular weight excluding hydrogens is 304 g/mol. The number of carbonyl (C=O) groups excluding carboxylic acids is 1. The van der Waals surface area contributed by atoms with Gasteiger partial charge < -0.3 is 0 Å². The normalized spacial score (nSPS) is 20.1. The van der Waals surface area contributed by atoms with Gasteiger partial charge in [0.15, 0.2) is 0 Å². The fourth-order valence-electron chi connectivity index (χ4n) is 2.31. The Labute approximate surface area is 130 Å². The van der Waals surface area contributed by atoms with Crippen molar-refractivity contribution in [2.45, 2.75) is 19.8 Å². The highest BCUT2D eigenvalue weighted by Crippen LogP contribution is 2.19. The maximum absolute atomic E-state index is 12.1. The summed E-state index contributed by atoms with van der Waals surface area (Å²) in [5, 5.41) is 3.89. The van der Waals surface area contributed by atoms with E-state index in [0.717, 1.165) is 5.56 Å². The topological polar surface area (TPSA) is 91.7 Å². The quantitative estimate of drug-likeness (QED) is 0.634. The summed E-state index contributed by atoms with van der Waals surface area (Å²) in [4.78, 5) is 16.0. The van der Waals surface area contributed by atoms with Crippen molar-refractivity contribution in [3.63, 3.8) is 0 Å². The van der Waals surface area contributed by atoms with Crippen LogP contribution in [0, 0.1) is 5.92 Å². The fraction of sp³-hybridized carbons (Fsp3) is 0.500. The smallest absolute Gasteiger partial charge is 0.244 e. The van der Waals surface area contributed by atoms with Gasteiger partial charge >= 0.3 is 0 Å². The number of hydrazone groups is 1. The summed E-state index contributed by atoms with van der Waals surface area (Å²) < 4.78 is 25.2. The maximum Gasteiger partial charge on any atom is 0.244 e. The molecule has 7 nitrogen and oxygen atoms in total. The molecule has 120 valence electrons. The predicted molar refractivity (Wildman–Crippen MR) is 83.7 cm³/mol. The van der Waals surface area contributed by atoms with Crippen molar-refractivity contribution < 1.29 is 13.2 Å². The van der Waals surface area contributed by atoms with Crippen molar-refractivity contribution in [3.8, 4) is 0 Å². The lowest BCUT2D eigenvalue weighted by molar-refractivity contribution is -0.126. The lowest BCUT2D eigenvalue weighted by Gasteiger charge is -2.30. The number of pyridine rings is 1. The Kier molecular flexibility index (Phi) is 5.62. The van der Waals surface area contributed by atoms with E-state index in [0.29, 0.717) is 19.4 Å². The minimum absolute atomic E-state index is 0.0561. The van der Waals surface area contributed by atoms with Crippen LogP contribution in [0.4, 0.5) is 0 Å². The highest BCUT2D eigenvalue weighted by molar-refractivity contribution is 7.89. The molecule has 1 amide bonds. The second kappa shape index (κ2) is 7.46. The largest absolute Gasteiger partial charge is 0.273 e. The van der Waals surface area contributed by atoms with Crippen molar-refractivity contribution in [2.24, 2.45) is 11.0 Å². The molecule has 1 fully saturated rings. The molecule has 0 aromatic carbocycles. The molecule has 8 heteroatoms. The number of sulfonamides is 1. The first-order valence-electron chi connectivity index (χ1n) is 7.23. The van der Waals surface area contributed by atoms with E-state index in [1.54, 1.807) is 25.4 Å². The van der Waals surface area contributed by atoms with Gasteiger partial charge in [0.25, 0.3) is 0 Å².